The Balaban J connectivity index is 1.28. The van der Waals surface area contributed by atoms with Gasteiger partial charge in [0.25, 0.3) is 5.91 Å². The van der Waals surface area contributed by atoms with Gasteiger partial charge in [0, 0.05) is 35.4 Å². The van der Waals surface area contributed by atoms with Crippen LogP contribution in [0.15, 0.2) is 53.9 Å². The number of aromatic nitrogens is 1. The average Bonchev–Trinajstić information content (AvgIpc) is 3.31. The lowest BCUT2D eigenvalue weighted by atomic mass is 10.1. The van der Waals surface area contributed by atoms with Gasteiger partial charge in [0.15, 0.2) is 5.13 Å². The van der Waals surface area contributed by atoms with E-state index in [1.165, 1.54) is 11.3 Å². The van der Waals surface area contributed by atoms with Gasteiger partial charge in [-0.2, -0.15) is 0 Å². The van der Waals surface area contributed by atoms with Crippen molar-refractivity contribution in [2.45, 2.75) is 25.6 Å². The minimum absolute atomic E-state index is 0.156. The number of rotatable bonds is 8. The number of nitrogens with one attached hydrogen (secondary N) is 2. The van der Waals surface area contributed by atoms with Crippen molar-refractivity contribution in [1.29, 1.82) is 0 Å². The Kier molecular flexibility index (Phi) is 7.66. The minimum Gasteiger partial charge on any atom is -0.399 e. The Labute approximate surface area is 196 Å². The minimum atomic E-state index is -0.349. The van der Waals surface area contributed by atoms with Crippen LogP contribution in [0.25, 0.3) is 11.3 Å². The molecule has 172 valence electrons. The van der Waals surface area contributed by atoms with Crippen molar-refractivity contribution in [3.8, 4) is 11.3 Å². The van der Waals surface area contributed by atoms with Crippen molar-refractivity contribution in [2.75, 3.05) is 30.8 Å². The Hall–Kier alpha value is -3.27. The number of nitrogen functional groups attached to an aromatic ring is 1. The number of nitrogens with two attached hydrogens (primary N) is 1. The molecule has 1 fully saturated rings. The molecule has 0 unspecified atom stereocenters. The Morgan fingerprint density at radius 1 is 1.15 bits per heavy atom. The molecular formula is C24H26N4O4S. The quantitative estimate of drug-likeness (QED) is 0.438. The van der Waals surface area contributed by atoms with Gasteiger partial charge >= 0.3 is 0 Å². The normalized spacial score (nSPS) is 14.1. The summed E-state index contributed by atoms with van der Waals surface area (Å²) in [7, 11) is 0. The number of carbonyl (C=O) groups is 2. The predicted molar refractivity (Wildman–Crippen MR) is 128 cm³/mol. The van der Waals surface area contributed by atoms with Gasteiger partial charge in [0.2, 0.25) is 5.91 Å². The summed E-state index contributed by atoms with van der Waals surface area (Å²) in [5, 5.41) is 7.68. The van der Waals surface area contributed by atoms with E-state index in [1.807, 2.05) is 29.6 Å². The van der Waals surface area contributed by atoms with Crippen LogP contribution in [-0.4, -0.2) is 42.7 Å². The van der Waals surface area contributed by atoms with Crippen LogP contribution in [-0.2, 0) is 20.9 Å². The fourth-order valence-corrected chi connectivity index (χ4v) is 4.14. The molecule has 4 rings (SSSR count). The maximum atomic E-state index is 12.2. The number of anilines is 2. The predicted octanol–water partition coefficient (Wildman–Crippen LogP) is 3.46. The van der Waals surface area contributed by atoms with Gasteiger partial charge in [-0.3, -0.25) is 9.59 Å². The van der Waals surface area contributed by atoms with Crippen LogP contribution in [0.4, 0.5) is 10.8 Å². The fourth-order valence-electron chi connectivity index (χ4n) is 3.40. The first-order valence-electron chi connectivity index (χ1n) is 10.7. The van der Waals surface area contributed by atoms with Crippen LogP contribution in [0.3, 0.4) is 0 Å². The van der Waals surface area contributed by atoms with E-state index in [9.17, 15) is 9.59 Å². The summed E-state index contributed by atoms with van der Waals surface area (Å²) in [6.45, 7) is 1.89. The highest BCUT2D eigenvalue weighted by atomic mass is 32.1. The number of thiazole rings is 1. The molecule has 1 aliphatic heterocycles. The molecule has 4 N–H and O–H groups in total. The molecular weight excluding hydrogens is 440 g/mol. The van der Waals surface area contributed by atoms with Crippen molar-refractivity contribution in [3.63, 3.8) is 0 Å². The smallest absolute Gasteiger partial charge is 0.251 e. The molecule has 0 atom stereocenters. The standard InChI is InChI=1S/C24H26N4O4S/c25-19-6-4-17(5-7-19)23(30)26-13-22(29)28-24-27-21(15-33-24)18-3-1-2-16(12-18)14-32-20-8-10-31-11-9-20/h1-7,12,15,20H,8-11,13-14,25H2,(H,26,30)(H,27,28,29). The van der Waals surface area contributed by atoms with E-state index < -0.39 is 0 Å². The van der Waals surface area contributed by atoms with Gasteiger partial charge < -0.3 is 25.8 Å². The highest BCUT2D eigenvalue weighted by Gasteiger charge is 2.15. The van der Waals surface area contributed by atoms with Gasteiger partial charge in [-0.1, -0.05) is 18.2 Å². The van der Waals surface area contributed by atoms with E-state index >= 15 is 0 Å². The second-order valence-corrected chi connectivity index (χ2v) is 8.57. The summed E-state index contributed by atoms with van der Waals surface area (Å²) in [5.74, 6) is -0.692. The Bertz CT molecular complexity index is 1090. The summed E-state index contributed by atoms with van der Waals surface area (Å²) < 4.78 is 11.4. The Morgan fingerprint density at radius 2 is 1.94 bits per heavy atom. The second kappa shape index (κ2) is 11.0. The molecule has 8 nitrogen and oxygen atoms in total. The Morgan fingerprint density at radius 3 is 2.73 bits per heavy atom. The first-order chi connectivity index (χ1) is 16.1. The van der Waals surface area contributed by atoms with E-state index in [1.54, 1.807) is 24.3 Å². The highest BCUT2D eigenvalue weighted by Crippen LogP contribution is 2.26. The first kappa shape index (κ1) is 22.9. The topological polar surface area (TPSA) is 116 Å². The largest absolute Gasteiger partial charge is 0.399 e. The van der Waals surface area contributed by atoms with E-state index in [4.69, 9.17) is 15.2 Å². The van der Waals surface area contributed by atoms with Gasteiger partial charge in [0.05, 0.1) is 24.9 Å². The van der Waals surface area contributed by atoms with Crippen molar-refractivity contribution in [1.82, 2.24) is 10.3 Å². The number of carbonyl (C=O) groups excluding carboxylic acids is 2. The molecule has 0 aliphatic carbocycles. The van der Waals surface area contributed by atoms with Gasteiger partial charge in [0.1, 0.15) is 0 Å². The van der Waals surface area contributed by atoms with E-state index in [2.05, 4.69) is 15.6 Å². The van der Waals surface area contributed by atoms with Gasteiger partial charge in [-0.15, -0.1) is 11.3 Å². The molecule has 1 aromatic heterocycles. The van der Waals surface area contributed by atoms with Crippen molar-refractivity contribution >= 4 is 34.0 Å². The molecule has 9 heteroatoms. The summed E-state index contributed by atoms with van der Waals surface area (Å²) >= 11 is 1.33. The summed E-state index contributed by atoms with van der Waals surface area (Å²) in [5.41, 5.74) is 9.43. The number of ether oxygens (including phenoxy) is 2. The zero-order valence-corrected chi connectivity index (χ0v) is 18.9. The molecule has 2 amide bonds. The van der Waals surface area contributed by atoms with E-state index in [0.717, 1.165) is 42.9 Å². The SMILES string of the molecule is Nc1ccc(C(=O)NCC(=O)Nc2nc(-c3cccc(COC4CCOCC4)c3)cs2)cc1. The average molecular weight is 467 g/mol. The number of nitrogens with zero attached hydrogens (tertiary/aromatic N) is 1. The summed E-state index contributed by atoms with van der Waals surface area (Å²) in [6.07, 6.45) is 2.09. The first-order valence-corrected chi connectivity index (χ1v) is 11.6. The molecule has 2 heterocycles. The molecule has 33 heavy (non-hydrogen) atoms. The monoisotopic (exact) mass is 466 g/mol. The molecule has 1 aliphatic rings. The molecule has 0 bridgehead atoms. The van der Waals surface area contributed by atoms with Crippen molar-refractivity contribution in [3.05, 3.63) is 65.0 Å². The maximum Gasteiger partial charge on any atom is 0.251 e. The lowest BCUT2D eigenvalue weighted by molar-refractivity contribution is -0.115. The fraction of sp³-hybridized carbons (Fsp3) is 0.292. The van der Waals surface area contributed by atoms with Crippen LogP contribution in [0.5, 0.6) is 0 Å². The molecule has 0 spiro atoms. The van der Waals surface area contributed by atoms with Crippen molar-refractivity contribution in [2.24, 2.45) is 0 Å². The number of benzene rings is 2. The maximum absolute atomic E-state index is 12.2. The van der Waals surface area contributed by atoms with Crippen LogP contribution >= 0.6 is 11.3 Å². The van der Waals surface area contributed by atoms with E-state index in [0.29, 0.717) is 23.0 Å². The lowest BCUT2D eigenvalue weighted by Gasteiger charge is -2.22. The zero-order chi connectivity index (χ0) is 23.0. The third-order valence-corrected chi connectivity index (χ3v) is 5.97. The van der Waals surface area contributed by atoms with Crippen LogP contribution in [0.2, 0.25) is 0 Å². The molecule has 2 aromatic carbocycles. The zero-order valence-electron chi connectivity index (χ0n) is 18.1. The molecule has 0 saturated carbocycles. The third-order valence-electron chi connectivity index (χ3n) is 5.21. The molecule has 3 aromatic rings. The van der Waals surface area contributed by atoms with Crippen LogP contribution in [0.1, 0.15) is 28.8 Å². The molecule has 0 radical (unpaired) electrons. The third kappa shape index (κ3) is 6.61. The highest BCUT2D eigenvalue weighted by molar-refractivity contribution is 7.14. The molecule has 1 saturated heterocycles. The number of hydrogen-bond donors (Lipinski definition) is 3. The summed E-state index contributed by atoms with van der Waals surface area (Å²) in [4.78, 5) is 28.9. The lowest BCUT2D eigenvalue weighted by Crippen LogP contribution is -2.32. The van der Waals surface area contributed by atoms with Gasteiger partial charge in [-0.25, -0.2) is 4.98 Å². The summed E-state index contributed by atoms with van der Waals surface area (Å²) in [6, 6.07) is 14.5. The number of hydrogen-bond acceptors (Lipinski definition) is 7. The second-order valence-electron chi connectivity index (χ2n) is 7.71. The number of amides is 2. The van der Waals surface area contributed by atoms with Gasteiger partial charge in [-0.05, 0) is 48.7 Å². The van der Waals surface area contributed by atoms with Crippen LogP contribution in [0, 0.1) is 0 Å². The van der Waals surface area contributed by atoms with E-state index in [-0.39, 0.29) is 24.5 Å². The van der Waals surface area contributed by atoms with Crippen molar-refractivity contribution < 1.29 is 19.1 Å². The van der Waals surface area contributed by atoms with Crippen LogP contribution < -0.4 is 16.4 Å².